The summed E-state index contributed by atoms with van der Waals surface area (Å²) >= 11 is 1.75. The predicted octanol–water partition coefficient (Wildman–Crippen LogP) is 3.33. The average molecular weight is 431 g/mol. The molecule has 2 aromatic carbocycles. The van der Waals surface area contributed by atoms with Gasteiger partial charge in [0.05, 0.1) is 13.7 Å². The van der Waals surface area contributed by atoms with Gasteiger partial charge in [0.1, 0.15) is 6.54 Å². The van der Waals surface area contributed by atoms with Crippen LogP contribution in [0.3, 0.4) is 0 Å². The quantitative estimate of drug-likeness (QED) is 0.261. The van der Waals surface area contributed by atoms with E-state index in [-0.39, 0.29) is 12.5 Å². The van der Waals surface area contributed by atoms with Crippen LogP contribution in [0.4, 0.5) is 5.69 Å². The average Bonchev–Trinajstić information content (AvgIpc) is 2.76. The zero-order valence-electron chi connectivity index (χ0n) is 18.0. The maximum absolute atomic E-state index is 12.0. The van der Waals surface area contributed by atoms with Crippen molar-refractivity contribution in [2.45, 2.75) is 11.8 Å². The van der Waals surface area contributed by atoms with Gasteiger partial charge < -0.3 is 25.0 Å². The minimum Gasteiger partial charge on any atom is -0.493 e. The van der Waals surface area contributed by atoms with Crippen LogP contribution in [0.1, 0.15) is 6.92 Å². The zero-order valence-corrected chi connectivity index (χ0v) is 18.8. The smallest absolute Gasteiger partial charge is 0.243 e. The van der Waals surface area contributed by atoms with Crippen LogP contribution in [-0.4, -0.2) is 63.4 Å². The molecule has 0 spiro atoms. The summed E-state index contributed by atoms with van der Waals surface area (Å²) in [4.78, 5) is 19.1. The monoisotopic (exact) mass is 430 g/mol. The van der Waals surface area contributed by atoms with Crippen LogP contribution >= 0.6 is 11.8 Å². The molecule has 0 unspecified atom stereocenters. The molecule has 0 atom stereocenters. The Morgan fingerprint density at radius 3 is 2.57 bits per heavy atom. The van der Waals surface area contributed by atoms with Crippen molar-refractivity contribution in [1.29, 1.82) is 0 Å². The highest BCUT2D eigenvalue weighted by Crippen LogP contribution is 2.30. The molecule has 7 nitrogen and oxygen atoms in total. The summed E-state index contributed by atoms with van der Waals surface area (Å²) in [6, 6.07) is 15.8. The standard InChI is InChI=1S/C22H30N4O3S/c1-5-29-19-12-11-17(15-20(19)28-4)25-22(24-16-21(27)26(2)3)23-13-14-30-18-9-7-6-8-10-18/h6-12,15H,5,13-14,16H2,1-4H3,(H2,23,24,25). The van der Waals surface area contributed by atoms with Gasteiger partial charge in [0.2, 0.25) is 5.91 Å². The van der Waals surface area contributed by atoms with Crippen LogP contribution in [-0.2, 0) is 4.79 Å². The maximum atomic E-state index is 12.0. The normalized spacial score (nSPS) is 11.0. The summed E-state index contributed by atoms with van der Waals surface area (Å²) in [5, 5.41) is 6.52. The van der Waals surface area contributed by atoms with Crippen molar-refractivity contribution < 1.29 is 14.3 Å². The van der Waals surface area contributed by atoms with E-state index >= 15 is 0 Å². The van der Waals surface area contributed by atoms with Gasteiger partial charge in [-0.1, -0.05) is 18.2 Å². The first-order valence-corrected chi connectivity index (χ1v) is 10.8. The van der Waals surface area contributed by atoms with Crippen molar-refractivity contribution in [2.75, 3.05) is 52.0 Å². The summed E-state index contributed by atoms with van der Waals surface area (Å²) in [6.45, 7) is 3.23. The molecule has 2 rings (SSSR count). The van der Waals surface area contributed by atoms with E-state index in [4.69, 9.17) is 9.47 Å². The number of rotatable bonds is 10. The number of aliphatic imine (C=N–C) groups is 1. The molecule has 0 fully saturated rings. The molecule has 0 aliphatic heterocycles. The molecule has 2 aromatic rings. The number of hydrogen-bond donors (Lipinski definition) is 2. The molecule has 0 radical (unpaired) electrons. The number of carbonyl (C=O) groups excluding carboxylic acids is 1. The first-order valence-electron chi connectivity index (χ1n) is 9.77. The molecule has 1 amide bonds. The van der Waals surface area contributed by atoms with Gasteiger partial charge in [-0.2, -0.15) is 0 Å². The lowest BCUT2D eigenvalue weighted by molar-refractivity contribution is -0.127. The van der Waals surface area contributed by atoms with Crippen molar-refractivity contribution >= 4 is 29.3 Å². The number of benzene rings is 2. The van der Waals surface area contributed by atoms with Crippen molar-refractivity contribution in [3.63, 3.8) is 0 Å². The topological polar surface area (TPSA) is 75.2 Å². The number of ether oxygens (including phenoxy) is 2. The summed E-state index contributed by atoms with van der Waals surface area (Å²) in [5.41, 5.74) is 0.787. The molecule has 0 aromatic heterocycles. The molecule has 162 valence electrons. The molecular weight excluding hydrogens is 400 g/mol. The van der Waals surface area contributed by atoms with Gasteiger partial charge in [-0.15, -0.1) is 11.8 Å². The highest BCUT2D eigenvalue weighted by Gasteiger charge is 2.09. The third-order valence-corrected chi connectivity index (χ3v) is 5.02. The fourth-order valence-electron chi connectivity index (χ4n) is 2.44. The lowest BCUT2D eigenvalue weighted by Crippen LogP contribution is -2.34. The van der Waals surface area contributed by atoms with E-state index in [2.05, 4.69) is 27.8 Å². The van der Waals surface area contributed by atoms with Crippen LogP contribution in [0.2, 0.25) is 0 Å². The van der Waals surface area contributed by atoms with Crippen molar-refractivity contribution in [1.82, 2.24) is 10.2 Å². The highest BCUT2D eigenvalue weighted by molar-refractivity contribution is 7.99. The number of nitrogens with one attached hydrogen (secondary N) is 2. The summed E-state index contributed by atoms with van der Waals surface area (Å²) in [7, 11) is 5.03. The van der Waals surface area contributed by atoms with Crippen LogP contribution in [0.15, 0.2) is 58.4 Å². The van der Waals surface area contributed by atoms with Crippen molar-refractivity contribution in [3.8, 4) is 11.5 Å². The van der Waals surface area contributed by atoms with E-state index < -0.39 is 0 Å². The van der Waals surface area contributed by atoms with E-state index in [0.29, 0.717) is 30.6 Å². The fourth-order valence-corrected chi connectivity index (χ4v) is 3.23. The summed E-state index contributed by atoms with van der Waals surface area (Å²) < 4.78 is 11.0. The number of likely N-dealkylation sites (N-methyl/N-ethyl adjacent to an activating group) is 1. The highest BCUT2D eigenvalue weighted by atomic mass is 32.2. The summed E-state index contributed by atoms with van der Waals surface area (Å²) in [5.74, 6) is 2.63. The largest absolute Gasteiger partial charge is 0.493 e. The van der Waals surface area contributed by atoms with E-state index in [1.54, 1.807) is 33.0 Å². The molecule has 0 saturated heterocycles. The van der Waals surface area contributed by atoms with E-state index in [1.807, 2.05) is 43.3 Å². The molecule has 8 heteroatoms. The minimum atomic E-state index is -0.0703. The minimum absolute atomic E-state index is 0.0579. The van der Waals surface area contributed by atoms with Crippen LogP contribution in [0, 0.1) is 0 Å². The van der Waals surface area contributed by atoms with E-state index in [0.717, 1.165) is 11.4 Å². The van der Waals surface area contributed by atoms with Gasteiger partial charge in [-0.05, 0) is 31.2 Å². The van der Waals surface area contributed by atoms with Crippen LogP contribution in [0.5, 0.6) is 11.5 Å². The lowest BCUT2D eigenvalue weighted by Gasteiger charge is -2.15. The van der Waals surface area contributed by atoms with Crippen LogP contribution < -0.4 is 20.1 Å². The van der Waals surface area contributed by atoms with Crippen molar-refractivity contribution in [2.24, 2.45) is 4.99 Å². The first kappa shape index (κ1) is 23.4. The number of hydrogen-bond acceptors (Lipinski definition) is 5. The van der Waals surface area contributed by atoms with E-state index in [9.17, 15) is 4.79 Å². The fraction of sp³-hybridized carbons (Fsp3) is 0.364. The second-order valence-electron chi connectivity index (χ2n) is 6.46. The molecule has 0 heterocycles. The Kier molecular flexibility index (Phi) is 9.86. The van der Waals surface area contributed by atoms with Gasteiger partial charge in [0, 0.05) is 43.0 Å². The molecule has 0 aliphatic rings. The number of methoxy groups -OCH3 is 1. The maximum Gasteiger partial charge on any atom is 0.243 e. The molecule has 0 aliphatic carbocycles. The number of thioether (sulfide) groups is 1. The Labute approximate surface area is 182 Å². The van der Waals surface area contributed by atoms with Crippen molar-refractivity contribution in [3.05, 3.63) is 48.5 Å². The Balaban J connectivity index is 2.03. The second-order valence-corrected chi connectivity index (χ2v) is 7.63. The molecular formula is C22H30N4O3S. The molecule has 0 bridgehead atoms. The zero-order chi connectivity index (χ0) is 21.8. The van der Waals surface area contributed by atoms with E-state index in [1.165, 1.54) is 9.80 Å². The number of carbonyl (C=O) groups is 1. The number of nitrogens with zero attached hydrogens (tertiary/aromatic N) is 2. The molecule has 30 heavy (non-hydrogen) atoms. The Bertz CT molecular complexity index is 828. The first-order chi connectivity index (χ1) is 14.5. The Morgan fingerprint density at radius 2 is 1.90 bits per heavy atom. The Hall–Kier alpha value is -2.87. The third kappa shape index (κ3) is 7.87. The van der Waals surface area contributed by atoms with Gasteiger partial charge in [-0.25, -0.2) is 4.99 Å². The molecule has 2 N–H and O–H groups in total. The van der Waals surface area contributed by atoms with Gasteiger partial charge in [-0.3, -0.25) is 4.79 Å². The number of amides is 1. The SMILES string of the molecule is CCOc1ccc(NC(=NCC(=O)N(C)C)NCCSc2ccccc2)cc1OC. The third-order valence-electron chi connectivity index (χ3n) is 4.00. The predicted molar refractivity (Wildman–Crippen MR) is 124 cm³/mol. The van der Waals surface area contributed by atoms with Gasteiger partial charge in [0.25, 0.3) is 0 Å². The van der Waals surface area contributed by atoms with Gasteiger partial charge in [0.15, 0.2) is 17.5 Å². The lowest BCUT2D eigenvalue weighted by atomic mass is 10.2. The second kappa shape index (κ2) is 12.6. The number of anilines is 1. The number of guanidine groups is 1. The summed E-state index contributed by atoms with van der Waals surface area (Å²) in [6.07, 6.45) is 0. The van der Waals surface area contributed by atoms with Gasteiger partial charge >= 0.3 is 0 Å². The van der Waals surface area contributed by atoms with Crippen LogP contribution in [0.25, 0.3) is 0 Å². The Morgan fingerprint density at radius 1 is 1.13 bits per heavy atom. The molecule has 0 saturated carbocycles.